The highest BCUT2D eigenvalue weighted by Crippen LogP contribution is 2.18. The highest BCUT2D eigenvalue weighted by atomic mass is 32.2. The fraction of sp³-hybridized carbons (Fsp3) is 0.500. The number of carbonyl (C=O) groups excluding carboxylic acids is 1. The average molecular weight is 355 g/mol. The number of carboxylic acids is 1. The van der Waals surface area contributed by atoms with Gasteiger partial charge in [0.2, 0.25) is 5.91 Å². The minimum absolute atomic E-state index is 0.0604. The van der Waals surface area contributed by atoms with Crippen molar-refractivity contribution in [1.29, 1.82) is 0 Å². The van der Waals surface area contributed by atoms with Gasteiger partial charge in [0.05, 0.1) is 17.4 Å². The van der Waals surface area contributed by atoms with Gasteiger partial charge in [-0.05, 0) is 37.1 Å². The largest absolute Gasteiger partial charge is 0.494 e. The van der Waals surface area contributed by atoms with Gasteiger partial charge in [0.25, 0.3) is 0 Å². The van der Waals surface area contributed by atoms with Crippen LogP contribution < -0.4 is 4.74 Å². The summed E-state index contributed by atoms with van der Waals surface area (Å²) in [7, 11) is -3.22. The van der Waals surface area contributed by atoms with E-state index in [1.54, 1.807) is 17.0 Å². The van der Waals surface area contributed by atoms with Gasteiger partial charge in [-0.3, -0.25) is 9.59 Å². The van der Waals surface area contributed by atoms with Crippen molar-refractivity contribution in [2.45, 2.75) is 24.2 Å². The van der Waals surface area contributed by atoms with Crippen LogP contribution in [-0.4, -0.2) is 56.3 Å². The van der Waals surface area contributed by atoms with E-state index in [4.69, 9.17) is 9.84 Å². The molecule has 0 saturated carbocycles. The Bertz CT molecular complexity index is 698. The first-order valence-corrected chi connectivity index (χ1v) is 9.60. The molecule has 0 radical (unpaired) electrons. The van der Waals surface area contributed by atoms with Crippen molar-refractivity contribution in [3.8, 4) is 5.75 Å². The molecule has 1 aliphatic heterocycles. The number of benzene rings is 1. The summed E-state index contributed by atoms with van der Waals surface area (Å²) in [5.41, 5.74) is 0. The van der Waals surface area contributed by atoms with Crippen LogP contribution in [0.1, 0.15) is 19.3 Å². The van der Waals surface area contributed by atoms with E-state index < -0.39 is 21.7 Å². The molecule has 1 fully saturated rings. The average Bonchev–Trinajstić information content (AvgIpc) is 3.01. The molecule has 1 aromatic carbocycles. The zero-order valence-electron chi connectivity index (χ0n) is 13.5. The molecule has 8 heteroatoms. The summed E-state index contributed by atoms with van der Waals surface area (Å²) in [5.74, 6) is -0.832. The molecule has 0 unspecified atom stereocenters. The van der Waals surface area contributed by atoms with Gasteiger partial charge >= 0.3 is 5.97 Å². The first kappa shape index (κ1) is 18.3. The fourth-order valence-electron chi connectivity index (χ4n) is 2.54. The standard InChI is InChI=1S/C16H21NO6S/c1-24(21,22)14-6-4-13(5-7-14)23-10-2-3-15(18)17-9-8-12(11-17)16(19)20/h4-7,12H,2-3,8-11H2,1H3,(H,19,20)/t12-/m1/s1. The van der Waals surface area contributed by atoms with Crippen LogP contribution >= 0.6 is 0 Å². The van der Waals surface area contributed by atoms with Crippen LogP contribution in [0.2, 0.25) is 0 Å². The molecule has 1 aromatic rings. The second-order valence-electron chi connectivity index (χ2n) is 5.86. The van der Waals surface area contributed by atoms with Crippen molar-refractivity contribution in [2.75, 3.05) is 26.0 Å². The lowest BCUT2D eigenvalue weighted by Gasteiger charge is -2.15. The normalized spacial score (nSPS) is 17.7. The van der Waals surface area contributed by atoms with Crippen molar-refractivity contribution in [3.63, 3.8) is 0 Å². The number of rotatable bonds is 7. The van der Waals surface area contributed by atoms with Crippen LogP contribution in [0.3, 0.4) is 0 Å². The lowest BCUT2D eigenvalue weighted by atomic mass is 10.1. The SMILES string of the molecule is CS(=O)(=O)c1ccc(OCCCC(=O)N2CC[C@@H](C(=O)O)C2)cc1. The van der Waals surface area contributed by atoms with Gasteiger partial charge in [-0.25, -0.2) is 8.42 Å². The Labute approximate surface area is 141 Å². The molecular weight excluding hydrogens is 334 g/mol. The maximum Gasteiger partial charge on any atom is 0.308 e. The summed E-state index contributed by atoms with van der Waals surface area (Å²) < 4.78 is 28.2. The monoisotopic (exact) mass is 355 g/mol. The fourth-order valence-corrected chi connectivity index (χ4v) is 3.17. The summed E-state index contributed by atoms with van der Waals surface area (Å²) in [5, 5.41) is 8.93. The number of amides is 1. The lowest BCUT2D eigenvalue weighted by Crippen LogP contribution is -2.30. The van der Waals surface area contributed by atoms with Crippen LogP contribution in [0.4, 0.5) is 0 Å². The van der Waals surface area contributed by atoms with Gasteiger partial charge in [0, 0.05) is 25.8 Å². The summed E-state index contributed by atoms with van der Waals surface area (Å²) in [6.07, 6.45) is 2.46. The van der Waals surface area contributed by atoms with Crippen LogP contribution in [-0.2, 0) is 19.4 Å². The number of aliphatic carboxylic acids is 1. The van der Waals surface area contributed by atoms with E-state index in [-0.39, 0.29) is 17.3 Å². The Morgan fingerprint density at radius 1 is 1.29 bits per heavy atom. The minimum Gasteiger partial charge on any atom is -0.494 e. The number of likely N-dealkylation sites (tertiary alicyclic amines) is 1. The molecule has 0 bridgehead atoms. The zero-order chi connectivity index (χ0) is 17.7. The number of hydrogen-bond acceptors (Lipinski definition) is 5. The van der Waals surface area contributed by atoms with E-state index in [0.29, 0.717) is 38.2 Å². The zero-order valence-corrected chi connectivity index (χ0v) is 14.3. The van der Waals surface area contributed by atoms with Crippen LogP contribution in [0, 0.1) is 5.92 Å². The lowest BCUT2D eigenvalue weighted by molar-refractivity contribution is -0.141. The molecule has 0 aliphatic carbocycles. The van der Waals surface area contributed by atoms with Gasteiger partial charge < -0.3 is 14.7 Å². The number of sulfone groups is 1. The summed E-state index contributed by atoms with van der Waals surface area (Å²) in [6.45, 7) is 1.10. The Morgan fingerprint density at radius 2 is 1.96 bits per heavy atom. The van der Waals surface area contributed by atoms with E-state index >= 15 is 0 Å². The van der Waals surface area contributed by atoms with Crippen LogP contribution in [0.25, 0.3) is 0 Å². The Morgan fingerprint density at radius 3 is 2.50 bits per heavy atom. The molecule has 0 aromatic heterocycles. The number of nitrogens with zero attached hydrogens (tertiary/aromatic N) is 1. The summed E-state index contributed by atoms with van der Waals surface area (Å²) in [6, 6.07) is 6.12. The van der Waals surface area contributed by atoms with Crippen molar-refractivity contribution in [3.05, 3.63) is 24.3 Å². The van der Waals surface area contributed by atoms with Crippen molar-refractivity contribution < 1.29 is 27.9 Å². The molecule has 1 aliphatic rings. The smallest absolute Gasteiger partial charge is 0.308 e. The Balaban J connectivity index is 1.71. The molecule has 1 heterocycles. The molecule has 7 nitrogen and oxygen atoms in total. The van der Waals surface area contributed by atoms with Gasteiger partial charge in [-0.1, -0.05) is 0 Å². The molecular formula is C16H21NO6S. The quantitative estimate of drug-likeness (QED) is 0.737. The van der Waals surface area contributed by atoms with E-state index in [9.17, 15) is 18.0 Å². The highest BCUT2D eigenvalue weighted by Gasteiger charge is 2.30. The van der Waals surface area contributed by atoms with E-state index in [1.165, 1.54) is 12.1 Å². The molecule has 1 saturated heterocycles. The van der Waals surface area contributed by atoms with Gasteiger partial charge in [0.15, 0.2) is 9.84 Å². The number of hydrogen-bond donors (Lipinski definition) is 1. The molecule has 1 N–H and O–H groups in total. The van der Waals surface area contributed by atoms with Crippen molar-refractivity contribution >= 4 is 21.7 Å². The topological polar surface area (TPSA) is 101 Å². The third-order valence-electron chi connectivity index (χ3n) is 3.95. The third kappa shape index (κ3) is 4.95. The van der Waals surface area contributed by atoms with Crippen molar-refractivity contribution in [2.24, 2.45) is 5.92 Å². The maximum atomic E-state index is 12.0. The van der Waals surface area contributed by atoms with Gasteiger partial charge in [-0.2, -0.15) is 0 Å². The first-order valence-electron chi connectivity index (χ1n) is 7.71. The van der Waals surface area contributed by atoms with E-state index in [2.05, 4.69) is 0 Å². The number of ether oxygens (including phenoxy) is 1. The summed E-state index contributed by atoms with van der Waals surface area (Å²) in [4.78, 5) is 24.7. The molecule has 1 atom stereocenters. The van der Waals surface area contributed by atoms with Crippen LogP contribution in [0.5, 0.6) is 5.75 Å². The predicted octanol–water partition coefficient (Wildman–Crippen LogP) is 1.18. The minimum atomic E-state index is -3.22. The number of carbonyl (C=O) groups is 2. The third-order valence-corrected chi connectivity index (χ3v) is 5.07. The van der Waals surface area contributed by atoms with Gasteiger partial charge in [-0.15, -0.1) is 0 Å². The molecule has 24 heavy (non-hydrogen) atoms. The highest BCUT2D eigenvalue weighted by molar-refractivity contribution is 7.90. The second-order valence-corrected chi connectivity index (χ2v) is 7.87. The van der Waals surface area contributed by atoms with Crippen LogP contribution in [0.15, 0.2) is 29.2 Å². The van der Waals surface area contributed by atoms with Crippen molar-refractivity contribution in [1.82, 2.24) is 4.90 Å². The first-order chi connectivity index (χ1) is 11.3. The Kier molecular flexibility index (Phi) is 5.82. The molecule has 1 amide bonds. The molecule has 2 rings (SSSR count). The molecule has 0 spiro atoms. The van der Waals surface area contributed by atoms with E-state index in [0.717, 1.165) is 6.26 Å². The number of carboxylic acid groups (broad SMARTS) is 1. The van der Waals surface area contributed by atoms with E-state index in [1.807, 2.05) is 0 Å². The Hall–Kier alpha value is -2.09. The second kappa shape index (κ2) is 7.65. The molecule has 132 valence electrons. The predicted molar refractivity (Wildman–Crippen MR) is 86.6 cm³/mol. The van der Waals surface area contributed by atoms with Gasteiger partial charge in [0.1, 0.15) is 5.75 Å². The summed E-state index contributed by atoms with van der Waals surface area (Å²) >= 11 is 0. The maximum absolute atomic E-state index is 12.0.